The Morgan fingerprint density at radius 1 is 1.08 bits per heavy atom. The van der Waals surface area contributed by atoms with Gasteiger partial charge in [0.05, 0.1) is 19.3 Å². The molecule has 0 aromatic heterocycles. The number of esters is 1. The molecule has 6 nitrogen and oxygen atoms in total. The van der Waals surface area contributed by atoms with Crippen LogP contribution in [0.15, 0.2) is 48.5 Å². The number of primary amides is 1. The fraction of sp³-hybridized carbons (Fsp3) is 0.222. The van der Waals surface area contributed by atoms with Crippen LogP contribution in [0.2, 0.25) is 5.02 Å². The summed E-state index contributed by atoms with van der Waals surface area (Å²) >= 11 is 5.85. The second kappa shape index (κ2) is 8.94. The average Bonchev–Trinajstić information content (AvgIpc) is 2.62. The van der Waals surface area contributed by atoms with Gasteiger partial charge in [-0.2, -0.15) is 0 Å². The van der Waals surface area contributed by atoms with Gasteiger partial charge in [0.15, 0.2) is 0 Å². The number of ether oxygens (including phenoxy) is 2. The van der Waals surface area contributed by atoms with Crippen molar-refractivity contribution in [3.8, 4) is 5.75 Å². The van der Waals surface area contributed by atoms with Crippen LogP contribution in [0.5, 0.6) is 5.75 Å². The van der Waals surface area contributed by atoms with Crippen LogP contribution in [0.1, 0.15) is 16.8 Å². The highest BCUT2D eigenvalue weighted by molar-refractivity contribution is 6.30. The second-order valence-corrected chi connectivity index (χ2v) is 5.62. The maximum Gasteiger partial charge on any atom is 0.337 e. The molecular formula is C18H19ClN2O4. The number of urea groups is 1. The van der Waals surface area contributed by atoms with E-state index in [0.717, 1.165) is 0 Å². The Bertz CT molecular complexity index is 717. The van der Waals surface area contributed by atoms with E-state index in [2.05, 4.69) is 4.74 Å². The third-order valence-electron chi connectivity index (χ3n) is 3.47. The normalized spacial score (nSPS) is 10.2. The van der Waals surface area contributed by atoms with Crippen molar-refractivity contribution in [3.63, 3.8) is 0 Å². The number of nitrogens with two attached hydrogens (primary N) is 1. The summed E-state index contributed by atoms with van der Waals surface area (Å²) in [6, 6.07) is 13.0. The van der Waals surface area contributed by atoms with Crippen molar-refractivity contribution in [2.24, 2.45) is 5.73 Å². The number of anilines is 1. The molecule has 2 rings (SSSR count). The van der Waals surface area contributed by atoms with E-state index in [1.165, 1.54) is 12.0 Å². The third-order valence-corrected chi connectivity index (χ3v) is 3.73. The summed E-state index contributed by atoms with van der Waals surface area (Å²) in [6.07, 6.45) is 0.588. The summed E-state index contributed by atoms with van der Waals surface area (Å²) in [5.41, 5.74) is 6.56. The van der Waals surface area contributed by atoms with Gasteiger partial charge < -0.3 is 15.2 Å². The Morgan fingerprint density at radius 2 is 1.72 bits per heavy atom. The molecule has 0 saturated heterocycles. The van der Waals surface area contributed by atoms with Gasteiger partial charge in [-0.1, -0.05) is 11.6 Å². The lowest BCUT2D eigenvalue weighted by Gasteiger charge is -2.20. The monoisotopic (exact) mass is 362 g/mol. The number of nitrogens with zero attached hydrogens (tertiary/aromatic N) is 1. The molecule has 0 bridgehead atoms. The number of hydrogen-bond acceptors (Lipinski definition) is 4. The fourth-order valence-corrected chi connectivity index (χ4v) is 2.33. The minimum absolute atomic E-state index is 0.397. The minimum atomic E-state index is -0.537. The van der Waals surface area contributed by atoms with E-state index in [4.69, 9.17) is 22.1 Å². The standard InChI is InChI=1S/C18H19ClN2O4/c1-24-17(22)13-3-9-16(10-4-13)25-12-2-11-21(18(20)23)15-7-5-14(19)6-8-15/h3-10H,2,11-12H2,1H3,(H2,20,23). The topological polar surface area (TPSA) is 81.9 Å². The zero-order valence-electron chi connectivity index (χ0n) is 13.8. The number of carbonyl (C=O) groups is 2. The van der Waals surface area contributed by atoms with Crippen LogP contribution in [0.3, 0.4) is 0 Å². The SMILES string of the molecule is COC(=O)c1ccc(OCCCN(C(N)=O)c2ccc(Cl)cc2)cc1. The van der Waals surface area contributed by atoms with E-state index in [1.54, 1.807) is 48.5 Å². The van der Waals surface area contributed by atoms with Crippen molar-refractivity contribution in [1.29, 1.82) is 0 Å². The van der Waals surface area contributed by atoms with E-state index in [-0.39, 0.29) is 0 Å². The maximum atomic E-state index is 11.6. The molecule has 25 heavy (non-hydrogen) atoms. The smallest absolute Gasteiger partial charge is 0.337 e. The van der Waals surface area contributed by atoms with Gasteiger partial charge in [-0.3, -0.25) is 4.90 Å². The molecule has 0 aliphatic carbocycles. The first-order valence-corrected chi connectivity index (χ1v) is 8.03. The molecule has 2 N–H and O–H groups in total. The molecule has 132 valence electrons. The number of benzene rings is 2. The summed E-state index contributed by atoms with van der Waals surface area (Å²) in [4.78, 5) is 24.4. The van der Waals surface area contributed by atoms with Crippen LogP contribution >= 0.6 is 11.6 Å². The number of methoxy groups -OCH3 is 1. The largest absolute Gasteiger partial charge is 0.494 e. The van der Waals surface area contributed by atoms with Crippen molar-refractivity contribution in [2.45, 2.75) is 6.42 Å². The lowest BCUT2D eigenvalue weighted by atomic mass is 10.2. The van der Waals surface area contributed by atoms with Gasteiger partial charge in [-0.15, -0.1) is 0 Å². The van der Waals surface area contributed by atoms with E-state index in [1.807, 2.05) is 0 Å². The lowest BCUT2D eigenvalue weighted by Crippen LogP contribution is -2.37. The van der Waals surface area contributed by atoms with Gasteiger partial charge in [-0.05, 0) is 55.0 Å². The predicted octanol–water partition coefficient (Wildman–Crippen LogP) is 3.48. The first-order chi connectivity index (χ1) is 12.0. The number of rotatable bonds is 7. The van der Waals surface area contributed by atoms with E-state index in [0.29, 0.717) is 41.6 Å². The third kappa shape index (κ3) is 5.39. The van der Waals surface area contributed by atoms with Crippen LogP contribution in [0.4, 0.5) is 10.5 Å². The second-order valence-electron chi connectivity index (χ2n) is 5.18. The molecular weight excluding hydrogens is 344 g/mol. The summed E-state index contributed by atoms with van der Waals surface area (Å²) in [5.74, 6) is 0.233. The highest BCUT2D eigenvalue weighted by Crippen LogP contribution is 2.18. The van der Waals surface area contributed by atoms with Gasteiger partial charge in [0.25, 0.3) is 0 Å². The summed E-state index contributed by atoms with van der Waals surface area (Å²) in [5, 5.41) is 0.590. The Hall–Kier alpha value is -2.73. The maximum absolute atomic E-state index is 11.6. The van der Waals surface area contributed by atoms with Crippen molar-refractivity contribution in [3.05, 3.63) is 59.1 Å². The molecule has 0 saturated carbocycles. The van der Waals surface area contributed by atoms with Gasteiger partial charge in [0, 0.05) is 17.3 Å². The molecule has 2 aromatic rings. The molecule has 0 aliphatic heterocycles. The quantitative estimate of drug-likeness (QED) is 0.604. The van der Waals surface area contributed by atoms with Crippen molar-refractivity contribution < 1.29 is 19.1 Å². The summed E-state index contributed by atoms with van der Waals surface area (Å²) in [7, 11) is 1.33. The van der Waals surface area contributed by atoms with Crippen LogP contribution in [-0.2, 0) is 4.74 Å². The van der Waals surface area contributed by atoms with Gasteiger partial charge >= 0.3 is 12.0 Å². The highest BCUT2D eigenvalue weighted by atomic mass is 35.5. The summed E-state index contributed by atoms with van der Waals surface area (Å²) < 4.78 is 10.2. The van der Waals surface area contributed by atoms with Crippen molar-refractivity contribution in [2.75, 3.05) is 25.2 Å². The summed E-state index contributed by atoms with van der Waals surface area (Å²) in [6.45, 7) is 0.812. The van der Waals surface area contributed by atoms with Crippen molar-refractivity contribution >= 4 is 29.3 Å². The van der Waals surface area contributed by atoms with Gasteiger partial charge in [0.2, 0.25) is 0 Å². The Balaban J connectivity index is 1.85. The molecule has 0 atom stereocenters. The lowest BCUT2D eigenvalue weighted by molar-refractivity contribution is 0.0600. The molecule has 0 unspecified atom stereocenters. The molecule has 2 aromatic carbocycles. The Morgan fingerprint density at radius 3 is 2.28 bits per heavy atom. The number of amides is 2. The molecule has 0 aliphatic rings. The number of hydrogen-bond donors (Lipinski definition) is 1. The molecule has 0 fully saturated rings. The van der Waals surface area contributed by atoms with Crippen molar-refractivity contribution in [1.82, 2.24) is 0 Å². The Kier molecular flexibility index (Phi) is 6.65. The minimum Gasteiger partial charge on any atom is -0.494 e. The zero-order chi connectivity index (χ0) is 18.2. The first-order valence-electron chi connectivity index (χ1n) is 7.65. The number of carbonyl (C=O) groups excluding carboxylic acids is 2. The van der Waals surface area contributed by atoms with Crippen LogP contribution in [-0.4, -0.2) is 32.3 Å². The average molecular weight is 363 g/mol. The molecule has 0 heterocycles. The van der Waals surface area contributed by atoms with Gasteiger partial charge in [0.1, 0.15) is 5.75 Å². The predicted molar refractivity (Wildman–Crippen MR) is 96.3 cm³/mol. The van der Waals surface area contributed by atoms with E-state index < -0.39 is 12.0 Å². The first kappa shape index (κ1) is 18.6. The van der Waals surface area contributed by atoms with E-state index >= 15 is 0 Å². The van der Waals surface area contributed by atoms with Crippen LogP contribution in [0.25, 0.3) is 0 Å². The molecule has 7 heteroatoms. The van der Waals surface area contributed by atoms with Crippen LogP contribution in [0, 0.1) is 0 Å². The zero-order valence-corrected chi connectivity index (χ0v) is 14.5. The highest BCUT2D eigenvalue weighted by Gasteiger charge is 2.12. The molecule has 0 spiro atoms. The molecule has 2 amide bonds. The van der Waals surface area contributed by atoms with E-state index in [9.17, 15) is 9.59 Å². The number of halogens is 1. The Labute approximate surface area is 151 Å². The molecule has 0 radical (unpaired) electrons. The van der Waals surface area contributed by atoms with Crippen LogP contribution < -0.4 is 15.4 Å². The fourth-order valence-electron chi connectivity index (χ4n) is 2.21. The van der Waals surface area contributed by atoms with Gasteiger partial charge in [-0.25, -0.2) is 9.59 Å².